The SMILES string of the molecule is CC(N)C(C)C(=O)NCc1cccc(NC(=O)c2ccncc2)c1.Cl.Cl. The molecule has 1 aromatic heterocycles. The molecule has 4 N–H and O–H groups in total. The second-order valence-corrected chi connectivity index (χ2v) is 5.76. The summed E-state index contributed by atoms with van der Waals surface area (Å²) in [5.41, 5.74) is 7.83. The number of amides is 2. The van der Waals surface area contributed by atoms with E-state index in [1.807, 2.05) is 18.2 Å². The summed E-state index contributed by atoms with van der Waals surface area (Å²) in [5, 5.41) is 5.68. The Morgan fingerprint density at radius 1 is 1.12 bits per heavy atom. The maximum atomic E-state index is 12.1. The van der Waals surface area contributed by atoms with Crippen LogP contribution < -0.4 is 16.4 Å². The Morgan fingerprint density at radius 2 is 1.77 bits per heavy atom. The van der Waals surface area contributed by atoms with E-state index in [4.69, 9.17) is 5.73 Å². The van der Waals surface area contributed by atoms with Crippen LogP contribution in [0.25, 0.3) is 0 Å². The van der Waals surface area contributed by atoms with Crippen molar-refractivity contribution in [1.29, 1.82) is 0 Å². The fraction of sp³-hybridized carbons (Fsp3) is 0.278. The van der Waals surface area contributed by atoms with Crippen LogP contribution in [0.2, 0.25) is 0 Å². The molecule has 26 heavy (non-hydrogen) atoms. The lowest BCUT2D eigenvalue weighted by Gasteiger charge is -2.15. The summed E-state index contributed by atoms with van der Waals surface area (Å²) >= 11 is 0. The second-order valence-electron chi connectivity index (χ2n) is 5.76. The number of nitrogens with two attached hydrogens (primary N) is 1. The first-order chi connectivity index (χ1) is 11.5. The second kappa shape index (κ2) is 11.5. The van der Waals surface area contributed by atoms with Crippen molar-refractivity contribution in [3.63, 3.8) is 0 Å². The molecule has 2 amide bonds. The lowest BCUT2D eigenvalue weighted by molar-refractivity contribution is -0.125. The van der Waals surface area contributed by atoms with Crippen LogP contribution in [0.4, 0.5) is 5.69 Å². The summed E-state index contributed by atoms with van der Waals surface area (Å²) in [6, 6.07) is 10.4. The molecule has 0 aliphatic heterocycles. The van der Waals surface area contributed by atoms with E-state index in [0.29, 0.717) is 17.8 Å². The van der Waals surface area contributed by atoms with Gasteiger partial charge in [0.15, 0.2) is 0 Å². The number of carbonyl (C=O) groups is 2. The highest BCUT2D eigenvalue weighted by Gasteiger charge is 2.16. The molecule has 2 rings (SSSR count). The average molecular weight is 399 g/mol. The number of nitrogens with one attached hydrogen (secondary N) is 2. The van der Waals surface area contributed by atoms with Crippen LogP contribution >= 0.6 is 24.8 Å². The first-order valence-electron chi connectivity index (χ1n) is 7.81. The average Bonchev–Trinajstić information content (AvgIpc) is 2.60. The molecular formula is C18H24Cl2N4O2. The zero-order valence-electron chi connectivity index (χ0n) is 14.6. The molecule has 1 heterocycles. The van der Waals surface area contributed by atoms with Gasteiger partial charge in [-0.1, -0.05) is 19.1 Å². The monoisotopic (exact) mass is 398 g/mol. The molecule has 0 saturated heterocycles. The predicted octanol–water partition coefficient (Wildman–Crippen LogP) is 2.78. The van der Waals surface area contributed by atoms with Crippen molar-refractivity contribution >= 4 is 42.3 Å². The molecule has 2 aromatic rings. The standard InChI is InChI=1S/C18H22N4O2.2ClH/c1-12(13(2)19)17(23)21-11-14-4-3-5-16(10-14)22-18(24)15-6-8-20-9-7-15;;/h3-10,12-13H,11,19H2,1-2H3,(H,21,23)(H,22,24);2*1H. The fourth-order valence-corrected chi connectivity index (χ4v) is 2.05. The number of hydrogen-bond donors (Lipinski definition) is 3. The number of halogens is 2. The van der Waals surface area contributed by atoms with Crippen LogP contribution in [-0.4, -0.2) is 22.8 Å². The summed E-state index contributed by atoms with van der Waals surface area (Å²) in [4.78, 5) is 28.0. The summed E-state index contributed by atoms with van der Waals surface area (Å²) < 4.78 is 0. The van der Waals surface area contributed by atoms with E-state index < -0.39 is 0 Å². The maximum Gasteiger partial charge on any atom is 0.255 e. The van der Waals surface area contributed by atoms with Crippen LogP contribution in [0.3, 0.4) is 0 Å². The van der Waals surface area contributed by atoms with E-state index in [1.54, 1.807) is 44.4 Å². The van der Waals surface area contributed by atoms with Crippen LogP contribution in [0.5, 0.6) is 0 Å². The van der Waals surface area contributed by atoms with Gasteiger partial charge in [0, 0.05) is 42.1 Å². The highest BCUT2D eigenvalue weighted by atomic mass is 35.5. The smallest absolute Gasteiger partial charge is 0.255 e. The molecule has 8 heteroatoms. The van der Waals surface area contributed by atoms with Gasteiger partial charge in [0.05, 0.1) is 0 Å². The number of anilines is 1. The molecule has 0 saturated carbocycles. The van der Waals surface area contributed by atoms with Gasteiger partial charge < -0.3 is 16.4 Å². The molecular weight excluding hydrogens is 375 g/mol. The van der Waals surface area contributed by atoms with Crippen molar-refractivity contribution in [1.82, 2.24) is 10.3 Å². The molecule has 0 bridgehead atoms. The van der Waals surface area contributed by atoms with Crippen molar-refractivity contribution in [3.8, 4) is 0 Å². The normalized spacial score (nSPS) is 12.0. The van der Waals surface area contributed by atoms with Gasteiger partial charge in [0.1, 0.15) is 0 Å². The van der Waals surface area contributed by atoms with E-state index in [-0.39, 0.29) is 48.6 Å². The Morgan fingerprint density at radius 3 is 2.38 bits per heavy atom. The van der Waals surface area contributed by atoms with Crippen molar-refractivity contribution in [3.05, 3.63) is 59.9 Å². The molecule has 2 unspecified atom stereocenters. The molecule has 0 aliphatic rings. The minimum absolute atomic E-state index is 0. The molecule has 142 valence electrons. The first kappa shape index (κ1) is 23.9. The summed E-state index contributed by atoms with van der Waals surface area (Å²) in [7, 11) is 0. The zero-order valence-corrected chi connectivity index (χ0v) is 16.3. The largest absolute Gasteiger partial charge is 0.352 e. The number of carbonyl (C=O) groups excluding carboxylic acids is 2. The zero-order chi connectivity index (χ0) is 17.5. The third kappa shape index (κ3) is 7.00. The Bertz CT molecular complexity index is 711. The molecule has 0 radical (unpaired) electrons. The number of pyridine rings is 1. The Labute approximate surface area is 165 Å². The lowest BCUT2D eigenvalue weighted by Crippen LogP contribution is -2.38. The van der Waals surface area contributed by atoms with E-state index in [0.717, 1.165) is 5.56 Å². The minimum atomic E-state index is -0.250. The number of aromatic nitrogens is 1. The highest BCUT2D eigenvalue weighted by molar-refractivity contribution is 6.04. The third-order valence-electron chi connectivity index (χ3n) is 3.80. The quantitative estimate of drug-likeness (QED) is 0.696. The van der Waals surface area contributed by atoms with Gasteiger partial charge in [0.2, 0.25) is 5.91 Å². The van der Waals surface area contributed by atoms with E-state index in [2.05, 4.69) is 15.6 Å². The first-order valence-corrected chi connectivity index (χ1v) is 7.81. The van der Waals surface area contributed by atoms with Crippen molar-refractivity contribution in [2.45, 2.75) is 26.4 Å². The Kier molecular flexibility index (Phi) is 10.5. The molecule has 6 nitrogen and oxygen atoms in total. The summed E-state index contributed by atoms with van der Waals surface area (Å²) in [5.74, 6) is -0.542. The molecule has 0 aliphatic carbocycles. The van der Waals surface area contributed by atoms with Gasteiger partial charge in [0.25, 0.3) is 5.91 Å². The van der Waals surface area contributed by atoms with Crippen molar-refractivity contribution in [2.75, 3.05) is 5.32 Å². The van der Waals surface area contributed by atoms with Crippen LogP contribution in [0.15, 0.2) is 48.8 Å². The van der Waals surface area contributed by atoms with Crippen LogP contribution in [0, 0.1) is 5.92 Å². The van der Waals surface area contributed by atoms with Crippen LogP contribution in [-0.2, 0) is 11.3 Å². The maximum absolute atomic E-state index is 12.1. The van der Waals surface area contributed by atoms with E-state index in [9.17, 15) is 9.59 Å². The van der Waals surface area contributed by atoms with Crippen molar-refractivity contribution < 1.29 is 9.59 Å². The van der Waals surface area contributed by atoms with Gasteiger partial charge in [-0.3, -0.25) is 14.6 Å². The van der Waals surface area contributed by atoms with Gasteiger partial charge in [-0.15, -0.1) is 24.8 Å². The number of nitrogens with zero attached hydrogens (tertiary/aromatic N) is 1. The van der Waals surface area contributed by atoms with Gasteiger partial charge in [-0.25, -0.2) is 0 Å². The van der Waals surface area contributed by atoms with Crippen LogP contribution in [0.1, 0.15) is 29.8 Å². The Hall–Kier alpha value is -2.15. The fourth-order valence-electron chi connectivity index (χ4n) is 2.05. The number of hydrogen-bond acceptors (Lipinski definition) is 4. The lowest BCUT2D eigenvalue weighted by atomic mass is 10.0. The highest BCUT2D eigenvalue weighted by Crippen LogP contribution is 2.12. The van der Waals surface area contributed by atoms with Crippen molar-refractivity contribution in [2.24, 2.45) is 11.7 Å². The van der Waals surface area contributed by atoms with Gasteiger partial charge >= 0.3 is 0 Å². The molecule has 0 spiro atoms. The van der Waals surface area contributed by atoms with Gasteiger partial charge in [-0.05, 0) is 36.8 Å². The number of benzene rings is 1. The summed E-state index contributed by atoms with van der Waals surface area (Å²) in [6.45, 7) is 3.99. The van der Waals surface area contributed by atoms with E-state index in [1.165, 1.54) is 0 Å². The summed E-state index contributed by atoms with van der Waals surface area (Å²) in [6.07, 6.45) is 3.14. The number of rotatable bonds is 6. The molecule has 1 aromatic carbocycles. The minimum Gasteiger partial charge on any atom is -0.352 e. The molecule has 2 atom stereocenters. The molecule has 0 fully saturated rings. The topological polar surface area (TPSA) is 97.1 Å². The Balaban J connectivity index is 0.00000312. The predicted molar refractivity (Wildman–Crippen MR) is 108 cm³/mol. The third-order valence-corrected chi connectivity index (χ3v) is 3.80. The van der Waals surface area contributed by atoms with Gasteiger partial charge in [-0.2, -0.15) is 0 Å². The van der Waals surface area contributed by atoms with E-state index >= 15 is 0 Å².